The summed E-state index contributed by atoms with van der Waals surface area (Å²) in [5, 5.41) is 4.09. The zero-order chi connectivity index (χ0) is 9.26. The number of halogens is 1. The number of rotatable bonds is 2. The Labute approximate surface area is 88.5 Å². The number of nitrogen functional groups attached to an aromatic ring is 1. The van der Waals surface area contributed by atoms with Gasteiger partial charge in [-0.05, 0) is 12.0 Å². The number of nitrogens with two attached hydrogens (primary N) is 1. The van der Waals surface area contributed by atoms with E-state index in [1.807, 2.05) is 12.4 Å². The normalized spacial score (nSPS) is 10.1. The Morgan fingerprint density at radius 1 is 1.43 bits per heavy atom. The Kier molecular flexibility index (Phi) is 3.30. The van der Waals surface area contributed by atoms with Crippen LogP contribution in [0.1, 0.15) is 18.9 Å². The van der Waals surface area contributed by atoms with Crippen LogP contribution in [0.4, 0.5) is 5.69 Å². The summed E-state index contributed by atoms with van der Waals surface area (Å²) in [6.07, 6.45) is 7.60. The molecule has 0 saturated heterocycles. The van der Waals surface area contributed by atoms with E-state index in [-0.39, 0.29) is 12.4 Å². The molecule has 5 heteroatoms. The van der Waals surface area contributed by atoms with Gasteiger partial charge in [0.2, 0.25) is 0 Å². The van der Waals surface area contributed by atoms with Gasteiger partial charge < -0.3 is 5.73 Å². The van der Waals surface area contributed by atoms with Crippen molar-refractivity contribution in [3.63, 3.8) is 0 Å². The standard InChI is InChI=1S/C9H12N4.ClH/c1-2-3-7-4-11-9-8(10)5-12-13(9)6-7;/h4-6H,2-3,10H2,1H3;1H. The fraction of sp³-hybridized carbons (Fsp3) is 0.333. The van der Waals surface area contributed by atoms with Crippen LogP contribution in [-0.2, 0) is 6.42 Å². The van der Waals surface area contributed by atoms with Gasteiger partial charge in [0, 0.05) is 12.4 Å². The van der Waals surface area contributed by atoms with Gasteiger partial charge in [0.1, 0.15) is 0 Å². The van der Waals surface area contributed by atoms with Crippen molar-refractivity contribution in [2.75, 3.05) is 5.73 Å². The molecule has 0 radical (unpaired) electrons. The van der Waals surface area contributed by atoms with Gasteiger partial charge in [-0.15, -0.1) is 12.4 Å². The largest absolute Gasteiger partial charge is 0.394 e. The lowest BCUT2D eigenvalue weighted by Gasteiger charge is -1.98. The van der Waals surface area contributed by atoms with Crippen molar-refractivity contribution in [3.05, 3.63) is 24.2 Å². The highest BCUT2D eigenvalue weighted by molar-refractivity contribution is 5.85. The number of aromatic nitrogens is 3. The van der Waals surface area contributed by atoms with Gasteiger partial charge in [0.05, 0.1) is 11.9 Å². The van der Waals surface area contributed by atoms with E-state index in [0.717, 1.165) is 18.5 Å². The first-order chi connectivity index (χ1) is 6.31. The molecule has 2 rings (SSSR count). The van der Waals surface area contributed by atoms with E-state index in [1.165, 1.54) is 5.56 Å². The second-order valence-electron chi connectivity index (χ2n) is 3.08. The van der Waals surface area contributed by atoms with Gasteiger partial charge in [-0.3, -0.25) is 0 Å². The molecule has 0 fully saturated rings. The molecule has 0 atom stereocenters. The first-order valence-electron chi connectivity index (χ1n) is 4.39. The maximum absolute atomic E-state index is 5.65. The van der Waals surface area contributed by atoms with Gasteiger partial charge in [-0.1, -0.05) is 13.3 Å². The van der Waals surface area contributed by atoms with Gasteiger partial charge >= 0.3 is 0 Å². The van der Waals surface area contributed by atoms with E-state index < -0.39 is 0 Å². The topological polar surface area (TPSA) is 56.2 Å². The van der Waals surface area contributed by atoms with Crippen molar-refractivity contribution in [1.29, 1.82) is 0 Å². The molecule has 0 bridgehead atoms. The van der Waals surface area contributed by atoms with Crippen LogP contribution in [0.5, 0.6) is 0 Å². The summed E-state index contributed by atoms with van der Waals surface area (Å²) in [4.78, 5) is 4.23. The van der Waals surface area contributed by atoms with E-state index in [4.69, 9.17) is 5.73 Å². The maximum Gasteiger partial charge on any atom is 0.178 e. The lowest BCUT2D eigenvalue weighted by molar-refractivity contribution is 0.864. The fourth-order valence-electron chi connectivity index (χ4n) is 1.35. The van der Waals surface area contributed by atoms with Crippen LogP contribution in [0.15, 0.2) is 18.6 Å². The number of fused-ring (bicyclic) bond motifs is 1. The zero-order valence-corrected chi connectivity index (χ0v) is 8.79. The van der Waals surface area contributed by atoms with Gasteiger partial charge in [0.15, 0.2) is 5.65 Å². The summed E-state index contributed by atoms with van der Waals surface area (Å²) in [5.74, 6) is 0. The van der Waals surface area contributed by atoms with Gasteiger partial charge in [-0.2, -0.15) is 5.10 Å². The minimum Gasteiger partial charge on any atom is -0.394 e. The number of nitrogens with zero attached hydrogens (tertiary/aromatic N) is 3. The van der Waals surface area contributed by atoms with E-state index in [9.17, 15) is 0 Å². The smallest absolute Gasteiger partial charge is 0.178 e. The van der Waals surface area contributed by atoms with Crippen LogP contribution >= 0.6 is 12.4 Å². The lowest BCUT2D eigenvalue weighted by atomic mass is 10.2. The summed E-state index contributed by atoms with van der Waals surface area (Å²) >= 11 is 0. The highest BCUT2D eigenvalue weighted by Crippen LogP contribution is 2.10. The van der Waals surface area contributed by atoms with Crippen molar-refractivity contribution < 1.29 is 0 Å². The molecule has 0 aliphatic heterocycles. The van der Waals surface area contributed by atoms with Crippen molar-refractivity contribution in [2.45, 2.75) is 19.8 Å². The molecular formula is C9H13ClN4. The molecule has 0 spiro atoms. The van der Waals surface area contributed by atoms with E-state index in [0.29, 0.717) is 5.69 Å². The number of aryl methyl sites for hydroxylation is 1. The van der Waals surface area contributed by atoms with E-state index >= 15 is 0 Å². The molecule has 2 N–H and O–H groups in total. The molecule has 0 aromatic carbocycles. The fourth-order valence-corrected chi connectivity index (χ4v) is 1.35. The molecule has 14 heavy (non-hydrogen) atoms. The summed E-state index contributed by atoms with van der Waals surface area (Å²) < 4.78 is 1.72. The average Bonchev–Trinajstić information content (AvgIpc) is 2.48. The Morgan fingerprint density at radius 3 is 2.93 bits per heavy atom. The van der Waals surface area contributed by atoms with Crippen LogP contribution in [0.25, 0.3) is 5.65 Å². The monoisotopic (exact) mass is 212 g/mol. The summed E-state index contributed by atoms with van der Waals surface area (Å²) in [5.41, 5.74) is 8.21. The van der Waals surface area contributed by atoms with Crippen molar-refractivity contribution >= 4 is 23.7 Å². The highest BCUT2D eigenvalue weighted by atomic mass is 35.5. The SMILES string of the molecule is CCCc1cnc2c(N)cnn2c1.Cl. The van der Waals surface area contributed by atoms with E-state index in [2.05, 4.69) is 17.0 Å². The molecule has 0 unspecified atom stereocenters. The minimum atomic E-state index is 0. The summed E-state index contributed by atoms with van der Waals surface area (Å²) in [6.45, 7) is 2.14. The predicted octanol–water partition coefficient (Wildman–Crippen LogP) is 1.69. The predicted molar refractivity (Wildman–Crippen MR) is 58.6 cm³/mol. The Morgan fingerprint density at radius 2 is 2.21 bits per heavy atom. The number of anilines is 1. The molecule has 0 amide bonds. The quantitative estimate of drug-likeness (QED) is 0.824. The molecule has 4 nitrogen and oxygen atoms in total. The molecule has 76 valence electrons. The van der Waals surface area contributed by atoms with Crippen LogP contribution < -0.4 is 5.73 Å². The second kappa shape index (κ2) is 4.28. The zero-order valence-electron chi connectivity index (χ0n) is 7.97. The Balaban J connectivity index is 0.000000980. The third-order valence-electron chi connectivity index (χ3n) is 1.98. The summed E-state index contributed by atoms with van der Waals surface area (Å²) in [7, 11) is 0. The van der Waals surface area contributed by atoms with Gasteiger partial charge in [-0.25, -0.2) is 9.50 Å². The third-order valence-corrected chi connectivity index (χ3v) is 1.98. The van der Waals surface area contributed by atoms with Gasteiger partial charge in [0.25, 0.3) is 0 Å². The van der Waals surface area contributed by atoms with Crippen molar-refractivity contribution in [2.24, 2.45) is 0 Å². The van der Waals surface area contributed by atoms with E-state index in [1.54, 1.807) is 10.7 Å². The molecule has 2 heterocycles. The summed E-state index contributed by atoms with van der Waals surface area (Å²) in [6, 6.07) is 0. The molecule has 2 aromatic rings. The lowest BCUT2D eigenvalue weighted by Crippen LogP contribution is -1.95. The molecule has 0 aliphatic rings. The average molecular weight is 213 g/mol. The molecule has 0 aliphatic carbocycles. The van der Waals surface area contributed by atoms with Crippen molar-refractivity contribution in [1.82, 2.24) is 14.6 Å². The Hall–Kier alpha value is -1.29. The molecular weight excluding hydrogens is 200 g/mol. The Bertz CT molecular complexity index is 424. The highest BCUT2D eigenvalue weighted by Gasteiger charge is 2.01. The third kappa shape index (κ3) is 1.80. The number of hydrogen-bond acceptors (Lipinski definition) is 3. The van der Waals surface area contributed by atoms with Crippen LogP contribution in [0.2, 0.25) is 0 Å². The molecule has 2 aromatic heterocycles. The minimum absolute atomic E-state index is 0. The van der Waals surface area contributed by atoms with Crippen LogP contribution in [0, 0.1) is 0 Å². The first-order valence-corrected chi connectivity index (χ1v) is 4.39. The van der Waals surface area contributed by atoms with Crippen LogP contribution in [0.3, 0.4) is 0 Å². The molecule has 0 saturated carbocycles. The van der Waals surface area contributed by atoms with Crippen LogP contribution in [-0.4, -0.2) is 14.6 Å². The van der Waals surface area contributed by atoms with Crippen molar-refractivity contribution in [3.8, 4) is 0 Å². The second-order valence-corrected chi connectivity index (χ2v) is 3.08. The number of hydrogen-bond donors (Lipinski definition) is 1. The maximum atomic E-state index is 5.65. The first kappa shape index (κ1) is 10.8.